The first-order valence-electron chi connectivity index (χ1n) is 10.3. The molecule has 7 nitrogen and oxygen atoms in total. The summed E-state index contributed by atoms with van der Waals surface area (Å²) < 4.78 is 11.9. The number of ether oxygens (including phenoxy) is 2. The second-order valence-electron chi connectivity index (χ2n) is 8.16. The molecule has 5 rings (SSSR count). The minimum atomic E-state index is -0.433. The number of hydrogen-bond donors (Lipinski definition) is 1. The second-order valence-corrected chi connectivity index (χ2v) is 8.16. The molecule has 1 spiro atoms. The molecular formula is C22H25N3O4. The average Bonchev–Trinajstić information content (AvgIpc) is 3.59. The van der Waals surface area contributed by atoms with E-state index in [-0.39, 0.29) is 17.0 Å². The van der Waals surface area contributed by atoms with Crippen LogP contribution in [0, 0.1) is 0 Å². The zero-order valence-corrected chi connectivity index (χ0v) is 16.6. The SMILES string of the molecule is COc1cccc2c1C1(CCN(C(=O)c3cnc(C4CC4)[nH]c3=O)CC1)OCC2. The molecule has 2 aromatic rings. The van der Waals surface area contributed by atoms with Gasteiger partial charge in [-0.1, -0.05) is 12.1 Å². The van der Waals surface area contributed by atoms with Crippen LogP contribution < -0.4 is 10.3 Å². The fraction of sp³-hybridized carbons (Fsp3) is 0.500. The second kappa shape index (κ2) is 6.99. The van der Waals surface area contributed by atoms with Gasteiger partial charge in [-0.3, -0.25) is 9.59 Å². The van der Waals surface area contributed by atoms with E-state index < -0.39 is 5.60 Å². The zero-order valence-electron chi connectivity index (χ0n) is 16.6. The molecule has 1 aromatic heterocycles. The Morgan fingerprint density at radius 1 is 1.31 bits per heavy atom. The molecule has 152 valence electrons. The number of amides is 1. The third-order valence-electron chi connectivity index (χ3n) is 6.41. The van der Waals surface area contributed by atoms with Crippen LogP contribution in [0.3, 0.4) is 0 Å². The first-order chi connectivity index (χ1) is 14.1. The number of methoxy groups -OCH3 is 1. The molecular weight excluding hydrogens is 370 g/mol. The maximum atomic E-state index is 13.0. The van der Waals surface area contributed by atoms with Crippen LogP contribution in [0.15, 0.2) is 29.2 Å². The summed E-state index contributed by atoms with van der Waals surface area (Å²) in [4.78, 5) is 34.2. The Labute approximate surface area is 169 Å². The standard InChI is InChI=1S/C22H25N3O4/c1-28-17-4-2-3-14-7-12-29-22(18(14)17)8-10-25(11-9-22)21(27)16-13-23-19(15-5-6-15)24-20(16)26/h2-4,13,15H,5-12H2,1H3,(H,23,24,26). The Morgan fingerprint density at radius 2 is 2.10 bits per heavy atom. The van der Waals surface area contributed by atoms with Crippen LogP contribution in [0.2, 0.25) is 0 Å². The van der Waals surface area contributed by atoms with Crippen molar-refractivity contribution in [3.63, 3.8) is 0 Å². The monoisotopic (exact) mass is 395 g/mol. The molecule has 0 radical (unpaired) electrons. The van der Waals surface area contributed by atoms with E-state index in [1.165, 1.54) is 11.8 Å². The van der Waals surface area contributed by atoms with Crippen molar-refractivity contribution in [1.82, 2.24) is 14.9 Å². The quantitative estimate of drug-likeness (QED) is 0.863. The molecule has 0 bridgehead atoms. The van der Waals surface area contributed by atoms with Crippen LogP contribution in [0.25, 0.3) is 0 Å². The Balaban J connectivity index is 1.36. The maximum Gasteiger partial charge on any atom is 0.263 e. The smallest absolute Gasteiger partial charge is 0.263 e. The summed E-state index contributed by atoms with van der Waals surface area (Å²) in [5.41, 5.74) is 1.72. The summed E-state index contributed by atoms with van der Waals surface area (Å²) in [6, 6.07) is 6.12. The van der Waals surface area contributed by atoms with Crippen LogP contribution in [0.5, 0.6) is 5.75 Å². The molecule has 3 aliphatic rings. The van der Waals surface area contributed by atoms with Gasteiger partial charge in [0.2, 0.25) is 0 Å². The number of piperidine rings is 1. The van der Waals surface area contributed by atoms with Gasteiger partial charge < -0.3 is 19.4 Å². The lowest BCUT2D eigenvalue weighted by Gasteiger charge is -2.45. The van der Waals surface area contributed by atoms with E-state index >= 15 is 0 Å². The van der Waals surface area contributed by atoms with Crippen LogP contribution in [0.1, 0.15) is 58.9 Å². The van der Waals surface area contributed by atoms with Crippen LogP contribution in [-0.4, -0.2) is 47.6 Å². The van der Waals surface area contributed by atoms with Gasteiger partial charge in [-0.2, -0.15) is 0 Å². The molecule has 1 N–H and O–H groups in total. The Kier molecular flexibility index (Phi) is 4.42. The molecule has 29 heavy (non-hydrogen) atoms. The van der Waals surface area contributed by atoms with Crippen LogP contribution in [-0.2, 0) is 16.8 Å². The molecule has 0 atom stereocenters. The molecule has 1 saturated carbocycles. The Morgan fingerprint density at radius 3 is 2.79 bits per heavy atom. The number of carbonyl (C=O) groups is 1. The number of hydrogen-bond acceptors (Lipinski definition) is 5. The molecule has 1 saturated heterocycles. The molecule has 1 aromatic carbocycles. The van der Waals surface area contributed by atoms with Crippen molar-refractivity contribution in [2.45, 2.75) is 43.6 Å². The molecule has 3 heterocycles. The highest BCUT2D eigenvalue weighted by Crippen LogP contribution is 2.45. The molecule has 1 amide bonds. The van der Waals surface area contributed by atoms with Crippen molar-refractivity contribution < 1.29 is 14.3 Å². The van der Waals surface area contributed by atoms with Gasteiger partial charge in [0.25, 0.3) is 11.5 Å². The number of aromatic nitrogens is 2. The predicted octanol–water partition coefficient (Wildman–Crippen LogP) is 2.36. The van der Waals surface area contributed by atoms with Crippen molar-refractivity contribution >= 4 is 5.91 Å². The topological polar surface area (TPSA) is 84.5 Å². The molecule has 7 heteroatoms. The number of likely N-dealkylation sites (tertiary alicyclic amines) is 1. The normalized spacial score (nSPS) is 20.4. The van der Waals surface area contributed by atoms with E-state index in [1.54, 1.807) is 12.0 Å². The van der Waals surface area contributed by atoms with Gasteiger partial charge in [-0.05, 0) is 43.7 Å². The minimum Gasteiger partial charge on any atom is -0.496 e. The Bertz CT molecular complexity index is 989. The summed E-state index contributed by atoms with van der Waals surface area (Å²) in [6.45, 7) is 1.72. The van der Waals surface area contributed by atoms with Gasteiger partial charge in [-0.15, -0.1) is 0 Å². The fourth-order valence-corrected chi connectivity index (χ4v) is 4.66. The van der Waals surface area contributed by atoms with Crippen molar-refractivity contribution in [3.8, 4) is 5.75 Å². The van der Waals surface area contributed by atoms with E-state index in [2.05, 4.69) is 16.0 Å². The van der Waals surface area contributed by atoms with Crippen molar-refractivity contribution in [2.24, 2.45) is 0 Å². The number of benzene rings is 1. The highest BCUT2D eigenvalue weighted by Gasteiger charge is 2.44. The Hall–Kier alpha value is -2.67. The van der Waals surface area contributed by atoms with E-state index in [0.29, 0.717) is 44.3 Å². The first kappa shape index (κ1) is 18.4. The molecule has 0 unspecified atom stereocenters. The summed E-state index contributed by atoms with van der Waals surface area (Å²) in [5, 5.41) is 0. The number of carbonyl (C=O) groups excluding carboxylic acids is 1. The minimum absolute atomic E-state index is 0.118. The lowest BCUT2D eigenvalue weighted by molar-refractivity contribution is -0.0946. The van der Waals surface area contributed by atoms with Crippen molar-refractivity contribution in [2.75, 3.05) is 26.8 Å². The average molecular weight is 395 g/mol. The lowest BCUT2D eigenvalue weighted by atomic mass is 9.78. The summed E-state index contributed by atoms with van der Waals surface area (Å²) in [5.74, 6) is 1.63. The third-order valence-corrected chi connectivity index (χ3v) is 6.41. The van der Waals surface area contributed by atoms with Crippen LogP contribution >= 0.6 is 0 Å². The number of nitrogens with zero attached hydrogens (tertiary/aromatic N) is 2. The fourth-order valence-electron chi connectivity index (χ4n) is 4.66. The van der Waals surface area contributed by atoms with Gasteiger partial charge in [0.15, 0.2) is 0 Å². The summed E-state index contributed by atoms with van der Waals surface area (Å²) in [7, 11) is 1.68. The summed E-state index contributed by atoms with van der Waals surface area (Å²) in [6.07, 6.45) is 5.76. The van der Waals surface area contributed by atoms with E-state index in [4.69, 9.17) is 9.47 Å². The highest BCUT2D eigenvalue weighted by atomic mass is 16.5. The summed E-state index contributed by atoms with van der Waals surface area (Å²) >= 11 is 0. The van der Waals surface area contributed by atoms with E-state index in [1.807, 2.05) is 12.1 Å². The highest BCUT2D eigenvalue weighted by molar-refractivity contribution is 5.93. The van der Waals surface area contributed by atoms with Crippen molar-refractivity contribution in [1.29, 1.82) is 0 Å². The number of rotatable bonds is 3. The molecule has 2 fully saturated rings. The van der Waals surface area contributed by atoms with Gasteiger partial charge in [0.1, 0.15) is 22.7 Å². The molecule has 1 aliphatic carbocycles. The van der Waals surface area contributed by atoms with Gasteiger partial charge >= 0.3 is 0 Å². The largest absolute Gasteiger partial charge is 0.496 e. The van der Waals surface area contributed by atoms with E-state index in [9.17, 15) is 9.59 Å². The van der Waals surface area contributed by atoms with Crippen LogP contribution in [0.4, 0.5) is 0 Å². The predicted molar refractivity (Wildman–Crippen MR) is 106 cm³/mol. The zero-order chi connectivity index (χ0) is 20.0. The first-order valence-corrected chi connectivity index (χ1v) is 10.3. The van der Waals surface area contributed by atoms with Gasteiger partial charge in [0, 0.05) is 30.8 Å². The van der Waals surface area contributed by atoms with Gasteiger partial charge in [-0.25, -0.2) is 4.98 Å². The third kappa shape index (κ3) is 3.13. The number of aromatic amines is 1. The number of fused-ring (bicyclic) bond motifs is 2. The lowest BCUT2D eigenvalue weighted by Crippen LogP contribution is -2.49. The maximum absolute atomic E-state index is 13.0. The van der Waals surface area contributed by atoms with E-state index in [0.717, 1.165) is 30.6 Å². The number of H-pyrrole nitrogens is 1. The van der Waals surface area contributed by atoms with Crippen molar-refractivity contribution in [3.05, 3.63) is 57.3 Å². The van der Waals surface area contributed by atoms with Gasteiger partial charge in [0.05, 0.1) is 13.7 Å². The number of nitrogens with one attached hydrogen (secondary N) is 1. The molecule has 2 aliphatic heterocycles.